The number of ether oxygens (including phenoxy) is 2. The third kappa shape index (κ3) is 4.73. The Kier molecular flexibility index (Phi) is 5.73. The number of fused-ring (bicyclic) bond motifs is 2. The van der Waals surface area contributed by atoms with Gasteiger partial charge < -0.3 is 24.4 Å². The van der Waals surface area contributed by atoms with Crippen LogP contribution in [-0.4, -0.2) is 47.1 Å². The van der Waals surface area contributed by atoms with E-state index in [4.69, 9.17) is 19.4 Å². The van der Waals surface area contributed by atoms with Gasteiger partial charge in [0.2, 0.25) is 11.8 Å². The second-order valence-corrected chi connectivity index (χ2v) is 9.55. The molecule has 0 fully saturated rings. The molecule has 4 aromatic rings. The molecule has 0 bridgehead atoms. The third-order valence-electron chi connectivity index (χ3n) is 5.37. The van der Waals surface area contributed by atoms with E-state index >= 15 is 0 Å². The number of nitrogens with two attached hydrogens (primary N) is 1. The van der Waals surface area contributed by atoms with Crippen molar-refractivity contribution < 1.29 is 26.9 Å². The summed E-state index contributed by atoms with van der Waals surface area (Å²) in [7, 11) is -3.73. The molecular weight excluding hydrogens is 474 g/mol. The second-order valence-electron chi connectivity index (χ2n) is 7.97. The molecule has 1 aliphatic heterocycles. The summed E-state index contributed by atoms with van der Waals surface area (Å²) in [6.45, 7) is 0.565. The van der Waals surface area contributed by atoms with Gasteiger partial charge in [0.05, 0.1) is 35.9 Å². The van der Waals surface area contributed by atoms with Crippen molar-refractivity contribution in [3.05, 3.63) is 59.7 Å². The molecule has 35 heavy (non-hydrogen) atoms. The third-order valence-corrected chi connectivity index (χ3v) is 5.85. The summed E-state index contributed by atoms with van der Waals surface area (Å²) in [6.07, 6.45) is 5.85. The smallest absolute Gasteiger partial charge is 0.307 e. The number of aromatic amines is 1. The minimum absolute atomic E-state index is 0.0728. The molecule has 4 heterocycles. The van der Waals surface area contributed by atoms with Gasteiger partial charge in [0, 0.05) is 29.0 Å². The topological polar surface area (TPSA) is 159 Å². The van der Waals surface area contributed by atoms with Crippen LogP contribution < -0.4 is 19.4 Å². The average molecular weight is 496 g/mol. The predicted octanol–water partition coefficient (Wildman–Crippen LogP) is 2.36. The van der Waals surface area contributed by atoms with Crippen LogP contribution in [0.5, 0.6) is 17.5 Å². The zero-order valence-electron chi connectivity index (χ0n) is 18.6. The molecule has 12 heteroatoms. The van der Waals surface area contributed by atoms with Crippen molar-refractivity contribution in [2.75, 3.05) is 12.9 Å². The van der Waals surface area contributed by atoms with Gasteiger partial charge in [0.1, 0.15) is 17.9 Å². The molecule has 1 aliphatic rings. The van der Waals surface area contributed by atoms with Gasteiger partial charge >= 0.3 is 10.1 Å². The Hall–Kier alpha value is -4.19. The van der Waals surface area contributed by atoms with E-state index in [2.05, 4.69) is 19.9 Å². The minimum Gasteiger partial charge on any atom is -0.486 e. The summed E-state index contributed by atoms with van der Waals surface area (Å²) in [5.74, 6) is 0.0518. The monoisotopic (exact) mass is 495 g/mol. The van der Waals surface area contributed by atoms with Crippen molar-refractivity contribution in [2.24, 2.45) is 5.73 Å². The molecule has 1 amide bonds. The highest BCUT2D eigenvalue weighted by Crippen LogP contribution is 2.37. The Labute approximate surface area is 200 Å². The van der Waals surface area contributed by atoms with Crippen LogP contribution in [0.1, 0.15) is 28.0 Å². The Morgan fingerprint density at radius 2 is 2.11 bits per heavy atom. The first-order valence-corrected chi connectivity index (χ1v) is 12.5. The van der Waals surface area contributed by atoms with Gasteiger partial charge in [0.25, 0.3) is 5.91 Å². The van der Waals surface area contributed by atoms with Crippen molar-refractivity contribution >= 4 is 27.1 Å². The first kappa shape index (κ1) is 22.6. The van der Waals surface area contributed by atoms with Gasteiger partial charge in [-0.3, -0.25) is 4.79 Å². The minimum atomic E-state index is -3.73. The Morgan fingerprint density at radius 3 is 2.91 bits per heavy atom. The normalized spacial score (nSPS) is 13.2. The summed E-state index contributed by atoms with van der Waals surface area (Å²) in [4.78, 5) is 28.3. The number of primary amides is 1. The van der Waals surface area contributed by atoms with Crippen molar-refractivity contribution in [2.45, 2.75) is 19.4 Å². The molecular formula is C23H21N5O6S. The number of hydrogen-bond donors (Lipinski definition) is 2. The molecule has 11 nitrogen and oxygen atoms in total. The highest BCUT2D eigenvalue weighted by molar-refractivity contribution is 7.86. The Bertz CT molecular complexity index is 1550. The van der Waals surface area contributed by atoms with Gasteiger partial charge in [-0.05, 0) is 31.0 Å². The van der Waals surface area contributed by atoms with Crippen LogP contribution in [0.3, 0.4) is 0 Å². The number of H-pyrrole nitrogens is 1. The van der Waals surface area contributed by atoms with Gasteiger partial charge in [-0.15, -0.1) is 0 Å². The lowest BCUT2D eigenvalue weighted by Crippen LogP contribution is -2.15. The van der Waals surface area contributed by atoms with E-state index in [1.54, 1.807) is 24.4 Å². The lowest BCUT2D eigenvalue weighted by atomic mass is 9.99. The van der Waals surface area contributed by atoms with Gasteiger partial charge in [-0.25, -0.2) is 15.0 Å². The van der Waals surface area contributed by atoms with E-state index < -0.39 is 16.0 Å². The zero-order chi connectivity index (χ0) is 24.6. The number of benzene rings is 1. The fourth-order valence-electron chi connectivity index (χ4n) is 3.94. The first-order chi connectivity index (χ1) is 16.8. The number of rotatable bonds is 7. The molecule has 1 aromatic carbocycles. The largest absolute Gasteiger partial charge is 0.486 e. The van der Waals surface area contributed by atoms with E-state index in [-0.39, 0.29) is 23.8 Å². The summed E-state index contributed by atoms with van der Waals surface area (Å²) in [5.41, 5.74) is 9.67. The van der Waals surface area contributed by atoms with Gasteiger partial charge in [-0.1, -0.05) is 6.07 Å². The maximum atomic E-state index is 12.4. The molecule has 0 unspecified atom stereocenters. The number of nitrogens with one attached hydrogen (secondary N) is 1. The molecule has 3 N–H and O–H groups in total. The van der Waals surface area contributed by atoms with E-state index in [9.17, 15) is 13.2 Å². The van der Waals surface area contributed by atoms with E-state index in [0.717, 1.165) is 30.2 Å². The SMILES string of the molecule is CS(=O)(=O)Oc1cccc(COc2cc(-c3cnc4c(c3)CCCO4)c3nc[nH]c3c2C(N)=O)n1. The van der Waals surface area contributed by atoms with E-state index in [1.165, 1.54) is 12.4 Å². The molecule has 180 valence electrons. The Balaban J connectivity index is 1.54. The van der Waals surface area contributed by atoms with Crippen LogP contribution >= 0.6 is 0 Å². The maximum absolute atomic E-state index is 12.4. The number of carbonyl (C=O) groups is 1. The van der Waals surface area contributed by atoms with Gasteiger partial charge in [-0.2, -0.15) is 8.42 Å². The van der Waals surface area contributed by atoms with Crippen LogP contribution in [0.15, 0.2) is 42.9 Å². The highest BCUT2D eigenvalue weighted by Gasteiger charge is 2.22. The number of amides is 1. The summed E-state index contributed by atoms with van der Waals surface area (Å²) >= 11 is 0. The average Bonchev–Trinajstić information content (AvgIpc) is 3.30. The zero-order valence-corrected chi connectivity index (χ0v) is 19.5. The van der Waals surface area contributed by atoms with Crippen LogP contribution in [-0.2, 0) is 23.1 Å². The number of nitrogens with zero attached hydrogens (tertiary/aromatic N) is 3. The molecule has 3 aromatic heterocycles. The van der Waals surface area contributed by atoms with Gasteiger partial charge in [0.15, 0.2) is 0 Å². The molecule has 0 radical (unpaired) electrons. The molecule has 5 rings (SSSR count). The second kappa shape index (κ2) is 8.87. The van der Waals surface area contributed by atoms with E-state index in [0.29, 0.717) is 34.8 Å². The Morgan fingerprint density at radius 1 is 1.26 bits per heavy atom. The van der Waals surface area contributed by atoms with Crippen molar-refractivity contribution in [1.29, 1.82) is 0 Å². The number of imidazole rings is 1. The quantitative estimate of drug-likeness (QED) is 0.367. The molecule has 0 spiro atoms. The number of carbonyl (C=O) groups excluding carboxylic acids is 1. The summed E-state index contributed by atoms with van der Waals surface area (Å²) in [5, 5.41) is 0. The summed E-state index contributed by atoms with van der Waals surface area (Å²) in [6, 6.07) is 8.33. The van der Waals surface area contributed by atoms with Crippen LogP contribution in [0.2, 0.25) is 0 Å². The van der Waals surface area contributed by atoms with E-state index in [1.807, 2.05) is 6.07 Å². The van der Waals surface area contributed by atoms with Crippen molar-refractivity contribution in [3.63, 3.8) is 0 Å². The van der Waals surface area contributed by atoms with Crippen molar-refractivity contribution in [3.8, 4) is 28.6 Å². The van der Waals surface area contributed by atoms with Crippen molar-refractivity contribution in [1.82, 2.24) is 19.9 Å². The number of pyridine rings is 2. The molecule has 0 saturated carbocycles. The lowest BCUT2D eigenvalue weighted by molar-refractivity contribution is 0.0997. The van der Waals surface area contributed by atoms with Crippen LogP contribution in [0.25, 0.3) is 22.2 Å². The summed E-state index contributed by atoms with van der Waals surface area (Å²) < 4.78 is 39.2. The van der Waals surface area contributed by atoms with Crippen LogP contribution in [0.4, 0.5) is 0 Å². The molecule has 0 atom stereocenters. The number of aromatic nitrogens is 4. The maximum Gasteiger partial charge on any atom is 0.307 e. The van der Waals surface area contributed by atoms with Crippen LogP contribution in [0, 0.1) is 0 Å². The standard InChI is InChI=1S/C23H21N5O6S/c1-35(30,31)34-18-6-2-5-15(28-18)11-33-17-9-16(20-21(27-12-26-20)19(17)22(24)29)14-8-13-4-3-7-32-23(13)25-10-14/h2,5-6,8-10,12H,3-4,7,11H2,1H3,(H2,24,29)(H,26,27). The fourth-order valence-corrected chi connectivity index (χ4v) is 4.34. The molecule has 0 saturated heterocycles. The lowest BCUT2D eigenvalue weighted by Gasteiger charge is -2.17. The molecule has 0 aliphatic carbocycles. The first-order valence-electron chi connectivity index (χ1n) is 10.7. The fraction of sp³-hybridized carbons (Fsp3) is 0.217. The predicted molar refractivity (Wildman–Crippen MR) is 126 cm³/mol. The number of aryl methyl sites for hydroxylation is 1. The number of hydrogen-bond acceptors (Lipinski definition) is 9. The highest BCUT2D eigenvalue weighted by atomic mass is 32.2.